The van der Waals surface area contributed by atoms with Gasteiger partial charge in [-0.15, -0.1) is 0 Å². The van der Waals surface area contributed by atoms with Crippen LogP contribution in [0.2, 0.25) is 0 Å². The van der Waals surface area contributed by atoms with E-state index in [9.17, 15) is 14.4 Å². The van der Waals surface area contributed by atoms with Gasteiger partial charge < -0.3 is 28.7 Å². The summed E-state index contributed by atoms with van der Waals surface area (Å²) in [6.07, 6.45) is 16.9. The first kappa shape index (κ1) is 45.9. The molecule has 9 nitrogen and oxygen atoms in total. The van der Waals surface area contributed by atoms with Gasteiger partial charge in [0.15, 0.2) is 12.4 Å². The minimum Gasteiger partial charge on any atom is -0.496 e. The first-order chi connectivity index (χ1) is 28.6. The summed E-state index contributed by atoms with van der Waals surface area (Å²) in [4.78, 5) is 40.1. The van der Waals surface area contributed by atoms with Crippen molar-refractivity contribution in [1.29, 1.82) is 0 Å². The molecule has 0 spiro atoms. The lowest BCUT2D eigenvalue weighted by Gasteiger charge is -2.24. The van der Waals surface area contributed by atoms with Gasteiger partial charge in [-0.3, -0.25) is 9.59 Å². The van der Waals surface area contributed by atoms with Crippen molar-refractivity contribution in [2.45, 2.75) is 72.1 Å². The second-order valence-corrected chi connectivity index (χ2v) is 14.6. The minimum atomic E-state index is -0.517. The molecule has 0 amide bonds. The maximum atomic E-state index is 12.4. The zero-order valence-electron chi connectivity index (χ0n) is 35.8. The maximum absolute atomic E-state index is 12.4. The Kier molecular flexibility index (Phi) is 19.3. The van der Waals surface area contributed by atoms with Crippen LogP contribution >= 0.6 is 0 Å². The maximum Gasteiger partial charge on any atom is 0.338 e. The van der Waals surface area contributed by atoms with E-state index in [1.54, 1.807) is 26.4 Å². The molecule has 0 atom stereocenters. The van der Waals surface area contributed by atoms with Gasteiger partial charge in [0.2, 0.25) is 0 Å². The van der Waals surface area contributed by atoms with Crippen molar-refractivity contribution in [3.05, 3.63) is 118 Å². The van der Waals surface area contributed by atoms with Crippen LogP contribution in [-0.2, 0) is 14.3 Å². The van der Waals surface area contributed by atoms with Crippen molar-refractivity contribution in [3.63, 3.8) is 0 Å². The summed E-state index contributed by atoms with van der Waals surface area (Å²) >= 11 is 0. The summed E-state index contributed by atoms with van der Waals surface area (Å²) in [5, 5.41) is 0. The van der Waals surface area contributed by atoms with Gasteiger partial charge in [-0.1, -0.05) is 93.8 Å². The summed E-state index contributed by atoms with van der Waals surface area (Å²) in [5.41, 5.74) is 7.26. The van der Waals surface area contributed by atoms with Crippen LogP contribution in [0, 0.1) is 0 Å². The smallest absolute Gasteiger partial charge is 0.338 e. The third-order valence-corrected chi connectivity index (χ3v) is 10.1. The molecule has 0 aliphatic heterocycles. The number of benzene rings is 4. The van der Waals surface area contributed by atoms with Crippen molar-refractivity contribution < 1.29 is 33.3 Å². The van der Waals surface area contributed by atoms with Crippen LogP contribution in [-0.4, -0.2) is 71.8 Å². The standard InChI is InChI=1S/C50H62N2O7/c1-7-9-32-52(33-10-8-2)46-29-19-40(20-30-46)16-22-44-36-48(56-5)43(35-49(44)57-6)21-15-39-17-27-45(28-18-39)51(4)31-13-11-12-14-34-58-50(55)42-25-23-41(24-26-42)47(54)37-59-38(3)53/h15-30,35-36H,7-14,31-34,37H2,1-6H3/b21-15+,22-16+. The van der Waals surface area contributed by atoms with Crippen LogP contribution in [0.3, 0.4) is 0 Å². The van der Waals surface area contributed by atoms with Gasteiger partial charge in [0, 0.05) is 61.7 Å². The highest BCUT2D eigenvalue weighted by Gasteiger charge is 2.12. The van der Waals surface area contributed by atoms with Crippen molar-refractivity contribution in [2.24, 2.45) is 0 Å². The van der Waals surface area contributed by atoms with Crippen LogP contribution in [0.5, 0.6) is 11.5 Å². The van der Waals surface area contributed by atoms with Crippen molar-refractivity contribution in [1.82, 2.24) is 0 Å². The second kappa shape index (κ2) is 24.8. The number of Topliss-reactive ketones (excluding diaryl/α,β-unsaturated/α-hetero) is 1. The number of ketones is 1. The Morgan fingerprint density at radius 2 is 1.08 bits per heavy atom. The topological polar surface area (TPSA) is 94.6 Å². The van der Waals surface area contributed by atoms with Gasteiger partial charge in [0.05, 0.1) is 26.4 Å². The largest absolute Gasteiger partial charge is 0.496 e. The van der Waals surface area contributed by atoms with E-state index in [4.69, 9.17) is 18.9 Å². The number of nitrogens with zero attached hydrogens (tertiary/aromatic N) is 2. The third-order valence-electron chi connectivity index (χ3n) is 10.1. The summed E-state index contributed by atoms with van der Waals surface area (Å²) in [5.74, 6) is 0.276. The first-order valence-electron chi connectivity index (χ1n) is 20.9. The van der Waals surface area contributed by atoms with Gasteiger partial charge in [0.1, 0.15) is 11.5 Å². The molecule has 4 rings (SSSR count). The molecule has 0 radical (unpaired) electrons. The molecule has 0 aromatic heterocycles. The molecule has 4 aromatic rings. The quantitative estimate of drug-likeness (QED) is 0.0281. The second-order valence-electron chi connectivity index (χ2n) is 14.6. The van der Waals surface area contributed by atoms with Crippen molar-refractivity contribution in [2.75, 3.05) is 63.9 Å². The zero-order chi connectivity index (χ0) is 42.4. The Labute approximate surface area is 351 Å². The molecule has 0 N–H and O–H groups in total. The van der Waals surface area contributed by atoms with Crippen LogP contribution in [0.1, 0.15) is 115 Å². The molecular weight excluding hydrogens is 741 g/mol. The van der Waals surface area contributed by atoms with E-state index in [1.807, 2.05) is 12.1 Å². The minimum absolute atomic E-state index is 0.323. The van der Waals surface area contributed by atoms with Crippen LogP contribution in [0.15, 0.2) is 84.9 Å². The van der Waals surface area contributed by atoms with E-state index in [0.717, 1.165) is 84.8 Å². The normalized spacial score (nSPS) is 11.2. The number of carbonyl (C=O) groups excluding carboxylic acids is 3. The zero-order valence-corrected chi connectivity index (χ0v) is 35.8. The van der Waals surface area contributed by atoms with Gasteiger partial charge >= 0.3 is 11.9 Å². The molecule has 0 fully saturated rings. The lowest BCUT2D eigenvalue weighted by molar-refractivity contribution is -0.139. The van der Waals surface area contributed by atoms with Gasteiger partial charge in [-0.05, 0) is 91.8 Å². The SMILES string of the molecule is CCCCN(CCCC)c1ccc(/C=C/c2cc(OC)c(/C=C/c3ccc(N(C)CCCCCCOC(=O)c4ccc(C(=O)COC(C)=O)cc4)cc3)cc2OC)cc1. The number of anilines is 2. The molecule has 4 aromatic carbocycles. The highest BCUT2D eigenvalue weighted by molar-refractivity contribution is 5.99. The van der Waals surface area contributed by atoms with Crippen LogP contribution < -0.4 is 19.3 Å². The third kappa shape index (κ3) is 15.1. The Morgan fingerprint density at radius 1 is 0.576 bits per heavy atom. The molecular formula is C50H62N2O7. The van der Waals surface area contributed by atoms with E-state index in [1.165, 1.54) is 50.4 Å². The Morgan fingerprint density at radius 3 is 1.59 bits per heavy atom. The summed E-state index contributed by atoms with van der Waals surface area (Å²) in [7, 11) is 5.49. The lowest BCUT2D eigenvalue weighted by Crippen LogP contribution is -2.25. The number of carbonyl (C=O) groups is 3. The predicted molar refractivity (Wildman–Crippen MR) is 242 cm³/mol. The number of esters is 2. The van der Waals surface area contributed by atoms with Gasteiger partial charge in [0.25, 0.3) is 0 Å². The van der Waals surface area contributed by atoms with E-state index in [-0.39, 0.29) is 12.4 Å². The lowest BCUT2D eigenvalue weighted by atomic mass is 10.0. The van der Waals surface area contributed by atoms with Crippen molar-refractivity contribution in [3.8, 4) is 11.5 Å². The Bertz CT molecular complexity index is 1960. The molecule has 9 heteroatoms. The highest BCUT2D eigenvalue weighted by atomic mass is 16.5. The average molecular weight is 803 g/mol. The number of methoxy groups -OCH3 is 2. The van der Waals surface area contributed by atoms with Crippen LogP contribution in [0.25, 0.3) is 24.3 Å². The Hall–Kier alpha value is -5.83. The summed E-state index contributed by atoms with van der Waals surface area (Å²) in [6.45, 7) is 8.85. The molecule has 0 saturated carbocycles. The van der Waals surface area contributed by atoms with E-state index in [0.29, 0.717) is 17.7 Å². The predicted octanol–water partition coefficient (Wildman–Crippen LogP) is 11.1. The first-order valence-corrected chi connectivity index (χ1v) is 20.9. The number of unbranched alkanes of at least 4 members (excludes halogenated alkanes) is 5. The highest BCUT2D eigenvalue weighted by Crippen LogP contribution is 2.32. The molecule has 59 heavy (non-hydrogen) atoms. The fourth-order valence-electron chi connectivity index (χ4n) is 6.51. The number of hydrogen-bond donors (Lipinski definition) is 0. The molecule has 0 saturated heterocycles. The number of rotatable bonds is 25. The molecule has 0 aliphatic rings. The fraction of sp³-hybridized carbons (Fsp3) is 0.380. The molecule has 0 aliphatic carbocycles. The molecule has 314 valence electrons. The Balaban J connectivity index is 1.22. The monoisotopic (exact) mass is 802 g/mol. The van der Waals surface area contributed by atoms with Gasteiger partial charge in [-0.25, -0.2) is 4.79 Å². The van der Waals surface area contributed by atoms with Crippen LogP contribution in [0.4, 0.5) is 11.4 Å². The summed E-state index contributed by atoms with van der Waals surface area (Å²) < 4.78 is 21.8. The average Bonchev–Trinajstić information content (AvgIpc) is 3.26. The molecule has 0 heterocycles. The van der Waals surface area contributed by atoms with Crippen molar-refractivity contribution >= 4 is 53.4 Å². The summed E-state index contributed by atoms with van der Waals surface area (Å²) in [6, 6.07) is 27.5. The van der Waals surface area contributed by atoms with Gasteiger partial charge in [-0.2, -0.15) is 0 Å². The number of ether oxygens (including phenoxy) is 4. The fourth-order valence-corrected chi connectivity index (χ4v) is 6.51. The van der Waals surface area contributed by atoms with E-state index < -0.39 is 11.9 Å². The van der Waals surface area contributed by atoms with E-state index in [2.05, 4.69) is 104 Å². The molecule has 0 unspecified atom stereocenters. The molecule has 0 bridgehead atoms. The van der Waals surface area contributed by atoms with E-state index >= 15 is 0 Å². The number of hydrogen-bond acceptors (Lipinski definition) is 9.